The number of hydrogen-bond acceptors (Lipinski definition) is 4. The number of sulfonamides is 1. The lowest BCUT2D eigenvalue weighted by Gasteiger charge is -2.30. The van der Waals surface area contributed by atoms with Crippen LogP contribution in [-0.4, -0.2) is 30.3 Å². The van der Waals surface area contributed by atoms with Crippen LogP contribution in [0.3, 0.4) is 0 Å². The molecule has 8 heteroatoms. The van der Waals surface area contributed by atoms with Crippen LogP contribution in [-0.2, 0) is 17.1 Å². The van der Waals surface area contributed by atoms with Crippen molar-refractivity contribution in [2.45, 2.75) is 37.3 Å². The second-order valence-electron chi connectivity index (χ2n) is 4.22. The fraction of sp³-hybridized carbons (Fsp3) is 0.700. The van der Waals surface area contributed by atoms with E-state index in [1.807, 2.05) is 13.8 Å². The van der Waals surface area contributed by atoms with E-state index in [9.17, 15) is 8.42 Å². The summed E-state index contributed by atoms with van der Waals surface area (Å²) in [5.41, 5.74) is 5.04. The lowest BCUT2D eigenvalue weighted by Crippen LogP contribution is -2.53. The van der Waals surface area contributed by atoms with Crippen molar-refractivity contribution in [1.29, 1.82) is 0 Å². The first kappa shape index (κ1) is 15.4. The second-order valence-corrected chi connectivity index (χ2v) is 6.22. The van der Waals surface area contributed by atoms with Gasteiger partial charge in [-0.05, 0) is 12.8 Å². The van der Waals surface area contributed by atoms with Gasteiger partial charge in [0, 0.05) is 19.1 Å². The quantitative estimate of drug-likeness (QED) is 0.814. The van der Waals surface area contributed by atoms with Crippen LogP contribution in [0.2, 0.25) is 5.02 Å². The highest BCUT2D eigenvalue weighted by Crippen LogP contribution is 2.23. The molecule has 1 aromatic heterocycles. The van der Waals surface area contributed by atoms with E-state index < -0.39 is 15.6 Å². The average Bonchev–Trinajstić information content (AvgIpc) is 2.67. The Morgan fingerprint density at radius 1 is 1.50 bits per heavy atom. The van der Waals surface area contributed by atoms with Gasteiger partial charge in [0.05, 0.1) is 11.2 Å². The predicted octanol–water partition coefficient (Wildman–Crippen LogP) is 0.869. The third-order valence-electron chi connectivity index (χ3n) is 3.19. The minimum atomic E-state index is -3.73. The number of aromatic nitrogens is 2. The van der Waals surface area contributed by atoms with Gasteiger partial charge in [0.15, 0.2) is 5.03 Å². The van der Waals surface area contributed by atoms with Crippen LogP contribution >= 0.6 is 11.6 Å². The molecule has 0 spiro atoms. The van der Waals surface area contributed by atoms with Crippen molar-refractivity contribution in [3.8, 4) is 0 Å². The third kappa shape index (κ3) is 2.85. The number of nitrogens with two attached hydrogens (primary N) is 1. The molecule has 1 aromatic rings. The zero-order valence-electron chi connectivity index (χ0n) is 10.8. The van der Waals surface area contributed by atoms with Crippen molar-refractivity contribution < 1.29 is 8.42 Å². The van der Waals surface area contributed by atoms with Gasteiger partial charge in [-0.1, -0.05) is 25.4 Å². The summed E-state index contributed by atoms with van der Waals surface area (Å²) in [6.45, 7) is 4.02. The highest BCUT2D eigenvalue weighted by molar-refractivity contribution is 7.89. The fourth-order valence-corrected chi connectivity index (χ4v) is 3.97. The van der Waals surface area contributed by atoms with E-state index in [0.29, 0.717) is 12.8 Å². The van der Waals surface area contributed by atoms with Gasteiger partial charge in [-0.25, -0.2) is 13.1 Å². The van der Waals surface area contributed by atoms with Gasteiger partial charge in [-0.2, -0.15) is 5.10 Å². The molecule has 0 bridgehead atoms. The molecule has 0 aliphatic heterocycles. The minimum absolute atomic E-state index is 0.0381. The molecule has 1 heterocycles. The molecular formula is C10H19ClN4O2S. The minimum Gasteiger partial charge on any atom is -0.329 e. The van der Waals surface area contributed by atoms with E-state index in [1.165, 1.54) is 17.9 Å². The van der Waals surface area contributed by atoms with Crippen molar-refractivity contribution >= 4 is 21.6 Å². The van der Waals surface area contributed by atoms with Crippen LogP contribution in [0.5, 0.6) is 0 Å². The topological polar surface area (TPSA) is 90.0 Å². The molecule has 0 unspecified atom stereocenters. The highest BCUT2D eigenvalue weighted by atomic mass is 35.5. The molecule has 0 aliphatic rings. The predicted molar refractivity (Wildman–Crippen MR) is 70.9 cm³/mol. The van der Waals surface area contributed by atoms with E-state index >= 15 is 0 Å². The molecule has 6 nitrogen and oxygen atoms in total. The van der Waals surface area contributed by atoms with Crippen molar-refractivity contribution in [3.05, 3.63) is 11.2 Å². The molecule has 0 amide bonds. The van der Waals surface area contributed by atoms with Crippen molar-refractivity contribution in [3.63, 3.8) is 0 Å². The molecule has 3 N–H and O–H groups in total. The molecule has 0 radical (unpaired) electrons. The Kier molecular flexibility index (Phi) is 4.77. The van der Waals surface area contributed by atoms with E-state index in [-0.39, 0.29) is 16.6 Å². The summed E-state index contributed by atoms with van der Waals surface area (Å²) in [6, 6.07) is 0. The fourth-order valence-electron chi connectivity index (χ4n) is 1.76. The third-order valence-corrected chi connectivity index (χ3v) is 5.28. The number of aryl methyl sites for hydroxylation is 1. The van der Waals surface area contributed by atoms with E-state index in [2.05, 4.69) is 9.82 Å². The lowest BCUT2D eigenvalue weighted by molar-refractivity contribution is 0.362. The molecule has 18 heavy (non-hydrogen) atoms. The first-order chi connectivity index (χ1) is 8.32. The smallest absolute Gasteiger partial charge is 0.259 e. The van der Waals surface area contributed by atoms with Gasteiger partial charge in [-0.3, -0.25) is 4.68 Å². The number of nitrogens with zero attached hydrogens (tertiary/aromatic N) is 2. The van der Waals surface area contributed by atoms with Gasteiger partial charge < -0.3 is 5.73 Å². The van der Waals surface area contributed by atoms with Crippen LogP contribution in [0.4, 0.5) is 0 Å². The molecule has 1 rings (SSSR count). The molecule has 0 aliphatic carbocycles. The van der Waals surface area contributed by atoms with Gasteiger partial charge in [0.2, 0.25) is 0 Å². The largest absolute Gasteiger partial charge is 0.329 e. The Labute approximate surface area is 113 Å². The number of halogens is 1. The Balaban J connectivity index is 3.17. The van der Waals surface area contributed by atoms with Crippen molar-refractivity contribution in [2.24, 2.45) is 12.8 Å². The second kappa shape index (κ2) is 5.56. The zero-order valence-corrected chi connectivity index (χ0v) is 12.3. The molecule has 104 valence electrons. The Bertz CT molecular complexity index is 480. The summed E-state index contributed by atoms with van der Waals surface area (Å²) in [5, 5.41) is 3.89. The molecule has 0 aromatic carbocycles. The normalized spacial score (nSPS) is 12.9. The number of hydrogen-bond donors (Lipinski definition) is 2. The summed E-state index contributed by atoms with van der Waals surface area (Å²) < 4.78 is 28.5. The van der Waals surface area contributed by atoms with Gasteiger partial charge in [0.1, 0.15) is 0 Å². The van der Waals surface area contributed by atoms with Crippen LogP contribution < -0.4 is 10.5 Å². The van der Waals surface area contributed by atoms with E-state index in [1.54, 1.807) is 0 Å². The van der Waals surface area contributed by atoms with Gasteiger partial charge in [-0.15, -0.1) is 0 Å². The van der Waals surface area contributed by atoms with Gasteiger partial charge >= 0.3 is 0 Å². The number of rotatable bonds is 6. The van der Waals surface area contributed by atoms with Crippen molar-refractivity contribution in [1.82, 2.24) is 14.5 Å². The average molecular weight is 295 g/mol. The van der Waals surface area contributed by atoms with Crippen LogP contribution in [0.1, 0.15) is 26.7 Å². The van der Waals surface area contributed by atoms with Crippen molar-refractivity contribution in [2.75, 3.05) is 6.54 Å². The number of nitrogens with one attached hydrogen (secondary N) is 1. The first-order valence-electron chi connectivity index (χ1n) is 5.73. The highest BCUT2D eigenvalue weighted by Gasteiger charge is 2.33. The Hall–Kier alpha value is -0.630. The first-order valence-corrected chi connectivity index (χ1v) is 7.59. The lowest BCUT2D eigenvalue weighted by atomic mass is 9.95. The van der Waals surface area contributed by atoms with E-state index in [4.69, 9.17) is 17.3 Å². The molecule has 0 saturated heterocycles. The maximum absolute atomic E-state index is 12.3. The monoisotopic (exact) mass is 294 g/mol. The van der Waals surface area contributed by atoms with Crippen LogP contribution in [0, 0.1) is 0 Å². The standard InChI is InChI=1S/C10H19ClN4O2S/c1-4-10(5-2,7-12)14-18(16,17)9-8(11)6-13-15(9)3/h6,14H,4-5,7,12H2,1-3H3. The Morgan fingerprint density at radius 3 is 2.39 bits per heavy atom. The summed E-state index contributed by atoms with van der Waals surface area (Å²) >= 11 is 5.85. The molecular weight excluding hydrogens is 276 g/mol. The summed E-state index contributed by atoms with van der Waals surface area (Å²) in [6.07, 6.45) is 2.52. The maximum Gasteiger partial charge on any atom is 0.259 e. The zero-order chi connectivity index (χ0) is 14.0. The summed E-state index contributed by atoms with van der Waals surface area (Å²) in [4.78, 5) is 0. The Morgan fingerprint density at radius 2 is 2.06 bits per heavy atom. The summed E-state index contributed by atoms with van der Waals surface area (Å²) in [5.74, 6) is 0. The SMILES string of the molecule is CCC(CC)(CN)NS(=O)(=O)c1c(Cl)cnn1C. The molecule has 0 fully saturated rings. The van der Waals surface area contributed by atoms with Crippen LogP contribution in [0.25, 0.3) is 0 Å². The van der Waals surface area contributed by atoms with E-state index in [0.717, 1.165) is 0 Å². The van der Waals surface area contributed by atoms with Crippen LogP contribution in [0.15, 0.2) is 11.2 Å². The summed E-state index contributed by atoms with van der Waals surface area (Å²) in [7, 11) is -2.20. The molecule has 0 atom stereocenters. The maximum atomic E-state index is 12.3. The van der Waals surface area contributed by atoms with Gasteiger partial charge in [0.25, 0.3) is 10.0 Å². The molecule has 0 saturated carbocycles.